The third-order valence-electron chi connectivity index (χ3n) is 6.10. The van der Waals surface area contributed by atoms with Crippen molar-refractivity contribution in [1.82, 2.24) is 25.1 Å². The van der Waals surface area contributed by atoms with Crippen molar-refractivity contribution in [3.05, 3.63) is 83.1 Å². The van der Waals surface area contributed by atoms with E-state index in [-0.39, 0.29) is 5.82 Å². The van der Waals surface area contributed by atoms with Crippen molar-refractivity contribution in [2.75, 3.05) is 18.4 Å². The molecule has 1 atom stereocenters. The molecule has 1 saturated heterocycles. The fraction of sp³-hybridized carbons (Fsp3) is 0.320. The average Bonchev–Trinajstić information content (AvgIpc) is 3.22. The van der Waals surface area contributed by atoms with Crippen LogP contribution in [0, 0.1) is 12.7 Å². The van der Waals surface area contributed by atoms with Crippen LogP contribution in [0.2, 0.25) is 0 Å². The lowest BCUT2D eigenvalue weighted by Gasteiger charge is -2.32. The van der Waals surface area contributed by atoms with Crippen LogP contribution in [0.1, 0.15) is 41.4 Å². The smallest absolute Gasteiger partial charge is 0.157 e. The Balaban J connectivity index is 1.28. The van der Waals surface area contributed by atoms with Crippen LogP contribution in [-0.4, -0.2) is 38.2 Å². The highest BCUT2D eigenvalue weighted by atomic mass is 19.1. The first-order chi connectivity index (χ1) is 15.7. The lowest BCUT2D eigenvalue weighted by Crippen LogP contribution is -2.34. The van der Waals surface area contributed by atoms with Crippen molar-refractivity contribution in [2.45, 2.75) is 38.8 Å². The molecule has 1 aliphatic heterocycles. The summed E-state index contributed by atoms with van der Waals surface area (Å²) in [6.45, 7) is 5.10. The highest BCUT2D eigenvalue weighted by Crippen LogP contribution is 2.29. The van der Waals surface area contributed by atoms with Gasteiger partial charge in [-0.05, 0) is 56.6 Å². The molecule has 32 heavy (non-hydrogen) atoms. The second-order valence-electron chi connectivity index (χ2n) is 8.49. The van der Waals surface area contributed by atoms with Crippen molar-refractivity contribution in [3.8, 4) is 0 Å². The van der Waals surface area contributed by atoms with Crippen molar-refractivity contribution >= 4 is 16.9 Å². The topological polar surface area (TPSA) is 69.7 Å². The van der Waals surface area contributed by atoms with Crippen LogP contribution in [0.15, 0.2) is 54.6 Å². The number of nitrogens with one attached hydrogen (secondary N) is 2. The maximum absolute atomic E-state index is 14.1. The zero-order chi connectivity index (χ0) is 21.9. The van der Waals surface area contributed by atoms with Gasteiger partial charge in [0, 0.05) is 36.0 Å². The van der Waals surface area contributed by atoms with Crippen LogP contribution in [0.25, 0.3) is 11.0 Å². The fourth-order valence-electron chi connectivity index (χ4n) is 4.46. The van der Waals surface area contributed by atoms with E-state index in [9.17, 15) is 4.39 Å². The number of halogens is 1. The molecule has 6 nitrogen and oxygen atoms in total. The molecule has 164 valence electrons. The van der Waals surface area contributed by atoms with E-state index < -0.39 is 0 Å². The van der Waals surface area contributed by atoms with Gasteiger partial charge in [-0.2, -0.15) is 5.10 Å². The number of hydrogen-bond donors (Lipinski definition) is 2. The van der Waals surface area contributed by atoms with Crippen LogP contribution in [0.5, 0.6) is 0 Å². The molecule has 5 rings (SSSR count). The molecule has 3 aromatic heterocycles. The third-order valence-corrected chi connectivity index (χ3v) is 6.10. The molecule has 0 aliphatic carbocycles. The Labute approximate surface area is 186 Å². The lowest BCUT2D eigenvalue weighted by molar-refractivity contribution is 0.196. The first-order valence-corrected chi connectivity index (χ1v) is 11.1. The normalized spacial score (nSPS) is 17.0. The molecule has 0 bridgehead atoms. The van der Waals surface area contributed by atoms with E-state index >= 15 is 0 Å². The Morgan fingerprint density at radius 2 is 2.00 bits per heavy atom. The molecule has 0 radical (unpaired) electrons. The summed E-state index contributed by atoms with van der Waals surface area (Å²) < 4.78 is 14.1. The predicted octanol–water partition coefficient (Wildman–Crippen LogP) is 4.79. The molecular formula is C25H27FN6. The molecule has 4 heterocycles. The van der Waals surface area contributed by atoms with Crippen LogP contribution in [-0.2, 0) is 13.1 Å². The van der Waals surface area contributed by atoms with Gasteiger partial charge in [0.15, 0.2) is 11.5 Å². The van der Waals surface area contributed by atoms with E-state index in [0.29, 0.717) is 19.0 Å². The minimum atomic E-state index is -0.132. The Kier molecular flexibility index (Phi) is 5.81. The molecule has 2 N–H and O–H groups in total. The number of aromatic nitrogens is 4. The third kappa shape index (κ3) is 4.48. The van der Waals surface area contributed by atoms with Crippen molar-refractivity contribution in [3.63, 3.8) is 0 Å². The summed E-state index contributed by atoms with van der Waals surface area (Å²) in [7, 11) is 0. The van der Waals surface area contributed by atoms with Gasteiger partial charge in [-0.25, -0.2) is 9.37 Å². The number of rotatable bonds is 6. The number of nitrogens with zero attached hydrogens (tertiary/aromatic N) is 4. The molecule has 7 heteroatoms. The summed E-state index contributed by atoms with van der Waals surface area (Å²) in [6.07, 6.45) is 2.17. The van der Waals surface area contributed by atoms with E-state index in [0.717, 1.165) is 65.4 Å². The quantitative estimate of drug-likeness (QED) is 0.460. The van der Waals surface area contributed by atoms with E-state index in [4.69, 9.17) is 4.98 Å². The van der Waals surface area contributed by atoms with Gasteiger partial charge in [-0.3, -0.25) is 15.0 Å². The standard InChI is InChI=1S/C25H27FN6/c1-17-6-4-9-20(28-17)14-27-24-21-11-12-23(29-25(21)31-30-24)19-8-5-13-32(16-19)15-18-7-2-3-10-22(18)26/h2-4,6-7,9-12,19H,5,8,13-16H2,1H3,(H2,27,29,30,31)/t19-/m0/s1. The van der Waals surface area contributed by atoms with Crippen molar-refractivity contribution < 1.29 is 4.39 Å². The summed E-state index contributed by atoms with van der Waals surface area (Å²) in [4.78, 5) is 11.7. The molecule has 4 aromatic rings. The fourth-order valence-corrected chi connectivity index (χ4v) is 4.46. The molecule has 1 aliphatic rings. The van der Waals surface area contributed by atoms with E-state index in [2.05, 4.69) is 37.5 Å². The molecule has 0 spiro atoms. The SMILES string of the molecule is Cc1cccc(CNc2n[nH]c3nc([C@H]4CCCN(Cc5ccccc5F)C4)ccc23)n1. The average molecular weight is 431 g/mol. The predicted molar refractivity (Wildman–Crippen MR) is 124 cm³/mol. The molecule has 0 saturated carbocycles. The maximum Gasteiger partial charge on any atom is 0.157 e. The second kappa shape index (κ2) is 9.04. The largest absolute Gasteiger partial charge is 0.362 e. The second-order valence-corrected chi connectivity index (χ2v) is 8.49. The Morgan fingerprint density at radius 1 is 1.09 bits per heavy atom. The molecule has 1 aromatic carbocycles. The first kappa shape index (κ1) is 20.6. The lowest BCUT2D eigenvalue weighted by atomic mass is 9.93. The number of piperidine rings is 1. The van der Waals surface area contributed by atoms with Gasteiger partial charge in [-0.1, -0.05) is 24.3 Å². The number of anilines is 1. The van der Waals surface area contributed by atoms with Gasteiger partial charge in [0.25, 0.3) is 0 Å². The first-order valence-electron chi connectivity index (χ1n) is 11.1. The number of hydrogen-bond acceptors (Lipinski definition) is 5. The molecule has 1 fully saturated rings. The van der Waals surface area contributed by atoms with Gasteiger partial charge in [0.1, 0.15) is 5.82 Å². The molecule has 0 amide bonds. The summed E-state index contributed by atoms with van der Waals surface area (Å²) >= 11 is 0. The van der Waals surface area contributed by atoms with E-state index in [1.54, 1.807) is 6.07 Å². The monoisotopic (exact) mass is 430 g/mol. The summed E-state index contributed by atoms with van der Waals surface area (Å²) in [6, 6.07) is 17.2. The highest BCUT2D eigenvalue weighted by molar-refractivity contribution is 5.87. The van der Waals surface area contributed by atoms with Crippen LogP contribution >= 0.6 is 0 Å². The Bertz CT molecular complexity index is 1220. The number of pyridine rings is 2. The zero-order valence-electron chi connectivity index (χ0n) is 18.2. The van der Waals surface area contributed by atoms with Gasteiger partial charge >= 0.3 is 0 Å². The highest BCUT2D eigenvalue weighted by Gasteiger charge is 2.23. The van der Waals surface area contributed by atoms with Crippen molar-refractivity contribution in [2.24, 2.45) is 0 Å². The molecular weight excluding hydrogens is 403 g/mol. The van der Waals surface area contributed by atoms with Crippen molar-refractivity contribution in [1.29, 1.82) is 0 Å². The number of H-pyrrole nitrogens is 1. The van der Waals surface area contributed by atoms with E-state index in [1.807, 2.05) is 37.3 Å². The Morgan fingerprint density at radius 3 is 2.88 bits per heavy atom. The number of aryl methyl sites for hydroxylation is 1. The van der Waals surface area contributed by atoms with Crippen LogP contribution in [0.3, 0.4) is 0 Å². The number of fused-ring (bicyclic) bond motifs is 1. The van der Waals surface area contributed by atoms with Crippen LogP contribution in [0.4, 0.5) is 10.2 Å². The summed E-state index contributed by atoms with van der Waals surface area (Å²) in [5, 5.41) is 11.8. The van der Waals surface area contributed by atoms with Gasteiger partial charge in [-0.15, -0.1) is 0 Å². The molecule has 0 unspecified atom stereocenters. The summed E-state index contributed by atoms with van der Waals surface area (Å²) in [5.41, 5.74) is 4.57. The Hall–Kier alpha value is -3.32. The van der Waals surface area contributed by atoms with Crippen LogP contribution < -0.4 is 5.32 Å². The number of aromatic amines is 1. The van der Waals surface area contributed by atoms with Gasteiger partial charge in [0.05, 0.1) is 17.6 Å². The van der Waals surface area contributed by atoms with Gasteiger partial charge < -0.3 is 5.32 Å². The van der Waals surface area contributed by atoms with Gasteiger partial charge in [0.2, 0.25) is 0 Å². The zero-order valence-corrected chi connectivity index (χ0v) is 18.2. The number of benzene rings is 1. The maximum atomic E-state index is 14.1. The van der Waals surface area contributed by atoms with E-state index in [1.165, 1.54) is 6.07 Å². The number of likely N-dealkylation sites (tertiary alicyclic amines) is 1. The minimum Gasteiger partial charge on any atom is -0.362 e. The minimum absolute atomic E-state index is 0.132. The summed E-state index contributed by atoms with van der Waals surface area (Å²) in [5.74, 6) is 0.982.